The normalized spacial score (nSPS) is 14.1. The van der Waals surface area contributed by atoms with Crippen molar-refractivity contribution >= 4 is 29.7 Å². The highest BCUT2D eigenvalue weighted by molar-refractivity contribution is 5.94. The van der Waals surface area contributed by atoms with Crippen LogP contribution in [-0.4, -0.2) is 77.2 Å². The number of carboxylic acids is 1. The molecular weight excluding hydrogens is 446 g/mol. The monoisotopic (exact) mass is 479 g/mol. The molecule has 0 aliphatic carbocycles. The van der Waals surface area contributed by atoms with Crippen LogP contribution < -0.4 is 33.2 Å². The van der Waals surface area contributed by atoms with E-state index in [0.29, 0.717) is 12.0 Å². The van der Waals surface area contributed by atoms with Gasteiger partial charge in [0.25, 0.3) is 0 Å². The number of carboxylic acid groups (broad SMARTS) is 1. The molecule has 0 heterocycles. The van der Waals surface area contributed by atoms with E-state index in [4.69, 9.17) is 17.2 Å². The number of amides is 3. The highest BCUT2D eigenvalue weighted by Crippen LogP contribution is 2.07. The van der Waals surface area contributed by atoms with Gasteiger partial charge in [0, 0.05) is 13.0 Å². The second-order valence-electron chi connectivity index (χ2n) is 7.59. The van der Waals surface area contributed by atoms with Gasteiger partial charge in [-0.2, -0.15) is 0 Å². The van der Waals surface area contributed by atoms with Crippen molar-refractivity contribution in [2.75, 3.05) is 13.1 Å². The maximum atomic E-state index is 13.0. The van der Waals surface area contributed by atoms with Gasteiger partial charge < -0.3 is 43.4 Å². The molecule has 0 saturated heterocycles. The predicted molar refractivity (Wildman–Crippen MR) is 124 cm³/mol. The van der Waals surface area contributed by atoms with E-state index >= 15 is 0 Å². The van der Waals surface area contributed by atoms with Crippen LogP contribution in [0.5, 0.6) is 0 Å². The van der Waals surface area contributed by atoms with Crippen molar-refractivity contribution in [2.24, 2.45) is 22.2 Å². The van der Waals surface area contributed by atoms with Crippen LogP contribution in [0.4, 0.5) is 0 Å². The molecule has 4 atom stereocenters. The zero-order valence-electron chi connectivity index (χ0n) is 18.9. The van der Waals surface area contributed by atoms with Crippen LogP contribution in [0.2, 0.25) is 0 Å². The molecule has 1 rings (SSSR count). The molecule has 0 spiro atoms. The lowest BCUT2D eigenvalue weighted by Crippen LogP contribution is -2.59. The molecule has 3 amide bonds. The van der Waals surface area contributed by atoms with Crippen LogP contribution >= 0.6 is 0 Å². The first-order valence-corrected chi connectivity index (χ1v) is 10.7. The highest BCUT2D eigenvalue weighted by Gasteiger charge is 2.31. The first-order valence-electron chi connectivity index (χ1n) is 10.7. The second kappa shape index (κ2) is 14.4. The fraction of sp³-hybridized carbons (Fsp3) is 0.476. The maximum Gasteiger partial charge on any atom is 0.326 e. The van der Waals surface area contributed by atoms with Crippen LogP contribution in [0.25, 0.3) is 0 Å². The van der Waals surface area contributed by atoms with Gasteiger partial charge in [0.2, 0.25) is 17.7 Å². The number of aliphatic imine (C=N–C) groups is 1. The molecule has 4 unspecified atom stereocenters. The Balaban J connectivity index is 3.01. The van der Waals surface area contributed by atoms with Crippen LogP contribution in [-0.2, 0) is 25.6 Å². The quantitative estimate of drug-likeness (QED) is 0.0778. The number of carbonyl (C=O) groups excluding carboxylic acids is 3. The smallest absolute Gasteiger partial charge is 0.326 e. The molecule has 0 aliphatic heterocycles. The standard InChI is InChI=1S/C21H33N7O6/c1-12(29)17(28-16(30)11-22)19(32)27-15(10-13-6-3-2-4-7-13)18(31)26-14(20(33)34)8-5-9-25-21(23)24/h2-4,6-7,12,14-15,17,29H,5,8-11,22H2,1H3,(H,26,31)(H,27,32)(H,28,30)(H,33,34)(H4,23,24,25). The summed E-state index contributed by atoms with van der Waals surface area (Å²) in [5.74, 6) is -3.64. The first-order chi connectivity index (χ1) is 16.0. The summed E-state index contributed by atoms with van der Waals surface area (Å²) >= 11 is 0. The summed E-state index contributed by atoms with van der Waals surface area (Å²) in [7, 11) is 0. The minimum absolute atomic E-state index is 0.0378. The maximum absolute atomic E-state index is 13.0. The fourth-order valence-corrected chi connectivity index (χ4v) is 2.99. The SMILES string of the molecule is CC(O)C(NC(=O)CN)C(=O)NC(Cc1ccccc1)C(=O)NC(CCCN=C(N)N)C(=O)O. The molecule has 13 heteroatoms. The number of aliphatic carboxylic acids is 1. The molecule has 34 heavy (non-hydrogen) atoms. The van der Waals surface area contributed by atoms with Crippen molar-refractivity contribution in [2.45, 2.75) is 50.4 Å². The van der Waals surface area contributed by atoms with Gasteiger partial charge in [0.05, 0.1) is 12.6 Å². The summed E-state index contributed by atoms with van der Waals surface area (Å²) in [4.78, 5) is 52.8. The molecule has 0 aliphatic rings. The van der Waals surface area contributed by atoms with Gasteiger partial charge >= 0.3 is 5.97 Å². The minimum Gasteiger partial charge on any atom is -0.480 e. The number of nitrogens with one attached hydrogen (secondary N) is 3. The molecule has 188 valence electrons. The molecule has 0 aromatic heterocycles. The minimum atomic E-state index is -1.36. The highest BCUT2D eigenvalue weighted by atomic mass is 16.4. The molecule has 1 aromatic rings. The zero-order valence-corrected chi connectivity index (χ0v) is 18.9. The number of nitrogens with zero attached hydrogens (tertiary/aromatic N) is 1. The Hall–Kier alpha value is -3.71. The zero-order chi connectivity index (χ0) is 25.7. The van der Waals surface area contributed by atoms with Gasteiger partial charge in [-0.3, -0.25) is 19.4 Å². The van der Waals surface area contributed by atoms with E-state index < -0.39 is 54.5 Å². The van der Waals surface area contributed by atoms with E-state index in [9.17, 15) is 29.4 Å². The van der Waals surface area contributed by atoms with Crippen molar-refractivity contribution in [3.63, 3.8) is 0 Å². The third-order valence-electron chi connectivity index (χ3n) is 4.74. The average Bonchev–Trinajstić information content (AvgIpc) is 2.78. The molecule has 0 saturated carbocycles. The fourth-order valence-electron chi connectivity index (χ4n) is 2.99. The first kappa shape index (κ1) is 28.3. The lowest BCUT2D eigenvalue weighted by atomic mass is 10.0. The van der Waals surface area contributed by atoms with E-state index in [0.717, 1.165) is 0 Å². The Bertz CT molecular complexity index is 858. The van der Waals surface area contributed by atoms with Crippen molar-refractivity contribution < 1.29 is 29.4 Å². The molecule has 11 N–H and O–H groups in total. The number of nitrogens with two attached hydrogens (primary N) is 3. The van der Waals surface area contributed by atoms with Crippen LogP contribution in [0, 0.1) is 0 Å². The summed E-state index contributed by atoms with van der Waals surface area (Å²) in [6.45, 7) is 1.08. The lowest BCUT2D eigenvalue weighted by molar-refractivity contribution is -0.142. The number of aliphatic hydroxyl groups excluding tert-OH is 1. The Morgan fingerprint density at radius 3 is 2.15 bits per heavy atom. The molecule has 0 bridgehead atoms. The Labute approximate surface area is 197 Å². The summed E-state index contributed by atoms with van der Waals surface area (Å²) in [5, 5.41) is 26.6. The van der Waals surface area contributed by atoms with Crippen LogP contribution in [0.15, 0.2) is 35.3 Å². The van der Waals surface area contributed by atoms with E-state index in [1.165, 1.54) is 6.92 Å². The molecule has 0 radical (unpaired) electrons. The number of carbonyl (C=O) groups is 4. The van der Waals surface area contributed by atoms with Gasteiger partial charge in [-0.05, 0) is 25.3 Å². The number of rotatable bonds is 14. The Morgan fingerprint density at radius 2 is 1.62 bits per heavy atom. The number of guanidine groups is 1. The van der Waals surface area contributed by atoms with Crippen molar-refractivity contribution in [1.29, 1.82) is 0 Å². The van der Waals surface area contributed by atoms with E-state index in [1.807, 2.05) is 0 Å². The van der Waals surface area contributed by atoms with Gasteiger partial charge in [0.1, 0.15) is 18.1 Å². The number of hydrogen-bond acceptors (Lipinski definition) is 7. The predicted octanol–water partition coefficient (Wildman–Crippen LogP) is -2.84. The Kier molecular flexibility index (Phi) is 12.0. The second-order valence-corrected chi connectivity index (χ2v) is 7.59. The third kappa shape index (κ3) is 10.3. The van der Waals surface area contributed by atoms with Crippen molar-refractivity contribution in [3.05, 3.63) is 35.9 Å². The van der Waals surface area contributed by atoms with E-state index in [-0.39, 0.29) is 25.3 Å². The molecule has 1 aromatic carbocycles. The van der Waals surface area contributed by atoms with Gasteiger partial charge in [-0.15, -0.1) is 0 Å². The number of hydrogen-bond donors (Lipinski definition) is 8. The lowest BCUT2D eigenvalue weighted by Gasteiger charge is -2.25. The largest absolute Gasteiger partial charge is 0.480 e. The summed E-state index contributed by atoms with van der Waals surface area (Å²) in [5.41, 5.74) is 16.4. The van der Waals surface area contributed by atoms with E-state index in [2.05, 4.69) is 20.9 Å². The van der Waals surface area contributed by atoms with Gasteiger partial charge in [-0.25, -0.2) is 4.79 Å². The molecular formula is C21H33N7O6. The molecule has 0 fully saturated rings. The van der Waals surface area contributed by atoms with Crippen LogP contribution in [0.3, 0.4) is 0 Å². The van der Waals surface area contributed by atoms with Gasteiger partial charge in [-0.1, -0.05) is 30.3 Å². The summed E-state index contributed by atoms with van der Waals surface area (Å²) < 4.78 is 0. The van der Waals surface area contributed by atoms with Crippen molar-refractivity contribution in [1.82, 2.24) is 16.0 Å². The number of aliphatic hydroxyl groups is 1. The van der Waals surface area contributed by atoms with Gasteiger partial charge in [0.15, 0.2) is 5.96 Å². The topological polar surface area (TPSA) is 235 Å². The van der Waals surface area contributed by atoms with Crippen molar-refractivity contribution in [3.8, 4) is 0 Å². The van der Waals surface area contributed by atoms with Crippen LogP contribution in [0.1, 0.15) is 25.3 Å². The summed E-state index contributed by atoms with van der Waals surface area (Å²) in [6, 6.07) is 4.94. The third-order valence-corrected chi connectivity index (χ3v) is 4.74. The average molecular weight is 480 g/mol. The Morgan fingerprint density at radius 1 is 1.00 bits per heavy atom. The summed E-state index contributed by atoms with van der Waals surface area (Å²) in [6.07, 6.45) is -0.902. The molecule has 13 nitrogen and oxygen atoms in total. The van der Waals surface area contributed by atoms with E-state index in [1.54, 1.807) is 30.3 Å². The number of benzene rings is 1.